The van der Waals surface area contributed by atoms with Gasteiger partial charge in [0.2, 0.25) is 11.8 Å². The Bertz CT molecular complexity index is 591. The number of primary amides is 2. The van der Waals surface area contributed by atoms with Crippen LogP contribution in [-0.4, -0.2) is 29.8 Å². The smallest absolute Gasteiger partial charge is 0.270 e. The number of anilines is 1. The van der Waals surface area contributed by atoms with Crippen molar-refractivity contribution in [1.29, 1.82) is 5.26 Å². The lowest BCUT2D eigenvalue weighted by Crippen LogP contribution is -2.40. The van der Waals surface area contributed by atoms with Crippen LogP contribution >= 0.6 is 0 Å². The molecule has 9 heteroatoms. The van der Waals surface area contributed by atoms with Crippen LogP contribution in [0.1, 0.15) is 5.56 Å². The number of nitriles is 1. The molecule has 20 heavy (non-hydrogen) atoms. The van der Waals surface area contributed by atoms with E-state index in [1.807, 2.05) is 0 Å². The third kappa shape index (κ3) is 3.67. The SMILES string of the molecule is N#Cc1cc([N+](=O)[O-])ccc1N(CC(N)=O)CC(N)=O. The Morgan fingerprint density at radius 1 is 1.30 bits per heavy atom. The van der Waals surface area contributed by atoms with E-state index in [0.717, 1.165) is 12.1 Å². The molecule has 1 aromatic carbocycles. The van der Waals surface area contributed by atoms with Crippen molar-refractivity contribution in [3.8, 4) is 6.07 Å². The fraction of sp³-hybridized carbons (Fsp3) is 0.182. The monoisotopic (exact) mass is 277 g/mol. The third-order valence-electron chi connectivity index (χ3n) is 2.35. The molecule has 0 aliphatic carbocycles. The summed E-state index contributed by atoms with van der Waals surface area (Å²) in [5.41, 5.74) is 9.95. The number of carbonyl (C=O) groups is 2. The molecule has 0 atom stereocenters. The highest BCUT2D eigenvalue weighted by Gasteiger charge is 2.18. The molecule has 0 bridgehead atoms. The van der Waals surface area contributed by atoms with Crippen LogP contribution in [0.2, 0.25) is 0 Å². The Balaban J connectivity index is 3.25. The first-order chi connectivity index (χ1) is 9.35. The number of hydrogen-bond donors (Lipinski definition) is 2. The van der Waals surface area contributed by atoms with E-state index in [4.69, 9.17) is 16.7 Å². The number of rotatable bonds is 6. The van der Waals surface area contributed by atoms with Crippen LogP contribution in [0.25, 0.3) is 0 Å². The fourth-order valence-corrected chi connectivity index (χ4v) is 1.61. The summed E-state index contributed by atoms with van der Waals surface area (Å²) >= 11 is 0. The van der Waals surface area contributed by atoms with Gasteiger partial charge in [-0.2, -0.15) is 5.26 Å². The highest BCUT2D eigenvalue weighted by atomic mass is 16.6. The first-order valence-corrected chi connectivity index (χ1v) is 5.35. The van der Waals surface area contributed by atoms with E-state index in [2.05, 4.69) is 0 Å². The van der Waals surface area contributed by atoms with Crippen LogP contribution in [0.15, 0.2) is 18.2 Å². The Morgan fingerprint density at radius 2 is 1.85 bits per heavy atom. The Labute approximate surface area is 113 Å². The largest absolute Gasteiger partial charge is 0.368 e. The molecule has 1 rings (SSSR count). The van der Waals surface area contributed by atoms with Gasteiger partial charge in [0.25, 0.3) is 5.69 Å². The molecule has 104 valence electrons. The van der Waals surface area contributed by atoms with Crippen molar-refractivity contribution in [3.05, 3.63) is 33.9 Å². The minimum Gasteiger partial charge on any atom is -0.368 e. The number of nitro benzene ring substituents is 1. The highest BCUT2D eigenvalue weighted by Crippen LogP contribution is 2.24. The molecule has 0 unspecified atom stereocenters. The van der Waals surface area contributed by atoms with Crippen LogP contribution in [0, 0.1) is 21.4 Å². The van der Waals surface area contributed by atoms with Crippen LogP contribution in [0.4, 0.5) is 11.4 Å². The van der Waals surface area contributed by atoms with Gasteiger partial charge in [-0.1, -0.05) is 0 Å². The van der Waals surface area contributed by atoms with Gasteiger partial charge in [-0.05, 0) is 6.07 Å². The Morgan fingerprint density at radius 3 is 2.25 bits per heavy atom. The summed E-state index contributed by atoms with van der Waals surface area (Å²) in [7, 11) is 0. The number of amides is 2. The summed E-state index contributed by atoms with van der Waals surface area (Å²) in [6.45, 7) is -0.676. The highest BCUT2D eigenvalue weighted by molar-refractivity contribution is 5.85. The number of non-ortho nitro benzene ring substituents is 1. The molecule has 4 N–H and O–H groups in total. The van der Waals surface area contributed by atoms with Crippen molar-refractivity contribution in [3.63, 3.8) is 0 Å². The molecule has 0 fully saturated rings. The molecule has 2 amide bonds. The maximum atomic E-state index is 11.0. The number of nitro groups is 1. The van der Waals surface area contributed by atoms with Gasteiger partial charge in [0.15, 0.2) is 0 Å². The number of nitrogens with zero attached hydrogens (tertiary/aromatic N) is 3. The summed E-state index contributed by atoms with van der Waals surface area (Å²) in [4.78, 5) is 33.1. The van der Waals surface area contributed by atoms with Crippen LogP contribution in [0.5, 0.6) is 0 Å². The van der Waals surface area contributed by atoms with Gasteiger partial charge in [0.1, 0.15) is 6.07 Å². The van der Waals surface area contributed by atoms with Gasteiger partial charge in [0.05, 0.1) is 29.3 Å². The molecule has 0 aromatic heterocycles. The zero-order valence-electron chi connectivity index (χ0n) is 10.3. The second-order valence-electron chi connectivity index (χ2n) is 3.86. The summed E-state index contributed by atoms with van der Waals surface area (Å²) in [6, 6.07) is 5.24. The lowest BCUT2D eigenvalue weighted by atomic mass is 10.1. The van der Waals surface area contributed by atoms with Crippen LogP contribution in [-0.2, 0) is 9.59 Å². The van der Waals surface area contributed by atoms with Crippen molar-refractivity contribution >= 4 is 23.2 Å². The molecule has 0 heterocycles. The van der Waals surface area contributed by atoms with Crippen LogP contribution < -0.4 is 16.4 Å². The minimum atomic E-state index is -0.728. The zero-order chi connectivity index (χ0) is 15.3. The number of nitrogens with two attached hydrogens (primary N) is 2. The molecule has 0 aliphatic rings. The zero-order valence-corrected chi connectivity index (χ0v) is 10.3. The first kappa shape index (κ1) is 14.9. The van der Waals surface area contributed by atoms with E-state index in [0.29, 0.717) is 0 Å². The molecule has 0 radical (unpaired) electrons. The average Bonchev–Trinajstić information content (AvgIpc) is 2.35. The van der Waals surface area contributed by atoms with Gasteiger partial charge in [0, 0.05) is 12.1 Å². The molecule has 0 aliphatic heterocycles. The predicted octanol–water partition coefficient (Wildman–Crippen LogP) is -0.757. The molecule has 1 aromatic rings. The molecular weight excluding hydrogens is 266 g/mol. The quantitative estimate of drug-likeness (QED) is 0.514. The van der Waals surface area contributed by atoms with Gasteiger partial charge in [-0.25, -0.2) is 0 Å². The predicted molar refractivity (Wildman–Crippen MR) is 68.4 cm³/mol. The Kier molecular flexibility index (Phi) is 4.58. The number of carbonyl (C=O) groups excluding carboxylic acids is 2. The second kappa shape index (κ2) is 6.14. The lowest BCUT2D eigenvalue weighted by Gasteiger charge is -2.22. The summed E-state index contributed by atoms with van der Waals surface area (Å²) < 4.78 is 0. The number of benzene rings is 1. The van der Waals surface area contributed by atoms with Crippen molar-refractivity contribution in [2.45, 2.75) is 0 Å². The van der Waals surface area contributed by atoms with E-state index in [-0.39, 0.29) is 30.0 Å². The van der Waals surface area contributed by atoms with E-state index < -0.39 is 16.7 Å². The van der Waals surface area contributed by atoms with Crippen molar-refractivity contribution in [1.82, 2.24) is 0 Å². The normalized spacial score (nSPS) is 9.55. The molecule has 9 nitrogen and oxygen atoms in total. The Hall–Kier alpha value is -3.15. The minimum absolute atomic E-state index is 0.0540. The molecule has 0 saturated carbocycles. The summed E-state index contributed by atoms with van der Waals surface area (Å²) in [5, 5.41) is 19.7. The number of hydrogen-bond acceptors (Lipinski definition) is 6. The molecule has 0 spiro atoms. The van der Waals surface area contributed by atoms with Gasteiger partial charge < -0.3 is 16.4 Å². The van der Waals surface area contributed by atoms with Crippen molar-refractivity contribution in [2.75, 3.05) is 18.0 Å². The maximum Gasteiger partial charge on any atom is 0.270 e. The van der Waals surface area contributed by atoms with E-state index >= 15 is 0 Å². The lowest BCUT2D eigenvalue weighted by molar-refractivity contribution is -0.384. The van der Waals surface area contributed by atoms with E-state index in [9.17, 15) is 19.7 Å². The first-order valence-electron chi connectivity index (χ1n) is 5.35. The summed E-state index contributed by atoms with van der Waals surface area (Å²) in [6.07, 6.45) is 0. The third-order valence-corrected chi connectivity index (χ3v) is 2.35. The van der Waals surface area contributed by atoms with E-state index in [1.165, 1.54) is 11.0 Å². The maximum absolute atomic E-state index is 11.0. The van der Waals surface area contributed by atoms with Crippen molar-refractivity contribution < 1.29 is 14.5 Å². The van der Waals surface area contributed by atoms with Crippen molar-refractivity contribution in [2.24, 2.45) is 11.5 Å². The average molecular weight is 277 g/mol. The second-order valence-corrected chi connectivity index (χ2v) is 3.86. The van der Waals surface area contributed by atoms with Crippen LogP contribution in [0.3, 0.4) is 0 Å². The van der Waals surface area contributed by atoms with Gasteiger partial charge in [-0.3, -0.25) is 19.7 Å². The van der Waals surface area contributed by atoms with E-state index in [1.54, 1.807) is 6.07 Å². The standard InChI is InChI=1S/C11H11N5O4/c12-4-7-3-8(16(19)20)1-2-9(7)15(5-10(13)17)6-11(14)18/h1-3H,5-6H2,(H2,13,17)(H2,14,18). The molecular formula is C11H11N5O4. The summed E-state index contributed by atoms with van der Waals surface area (Å²) in [5.74, 6) is -1.46. The topological polar surface area (TPSA) is 156 Å². The fourth-order valence-electron chi connectivity index (χ4n) is 1.61. The molecule has 0 saturated heterocycles. The van der Waals surface area contributed by atoms with Gasteiger partial charge in [-0.15, -0.1) is 0 Å². The van der Waals surface area contributed by atoms with Gasteiger partial charge >= 0.3 is 0 Å².